The third-order valence-corrected chi connectivity index (χ3v) is 3.51. The minimum Gasteiger partial charge on any atom is -0.480 e. The lowest BCUT2D eigenvalue weighted by Gasteiger charge is -2.30. The molecule has 0 spiro atoms. The van der Waals surface area contributed by atoms with E-state index >= 15 is 0 Å². The van der Waals surface area contributed by atoms with Crippen molar-refractivity contribution in [1.29, 1.82) is 0 Å². The van der Waals surface area contributed by atoms with E-state index in [1.807, 2.05) is 32.0 Å². The Morgan fingerprint density at radius 3 is 2.40 bits per heavy atom. The number of carbonyl (C=O) groups is 2. The van der Waals surface area contributed by atoms with Gasteiger partial charge in [0, 0.05) is 5.69 Å². The summed E-state index contributed by atoms with van der Waals surface area (Å²) in [5, 5.41) is 11.9. The first kappa shape index (κ1) is 16.2. The highest BCUT2D eigenvalue weighted by Crippen LogP contribution is 2.17. The van der Waals surface area contributed by atoms with Crippen LogP contribution in [-0.4, -0.2) is 41.0 Å². The molecule has 0 bridgehead atoms. The van der Waals surface area contributed by atoms with Crippen LogP contribution in [0, 0.1) is 13.8 Å². The summed E-state index contributed by atoms with van der Waals surface area (Å²) in [6, 6.07) is 5.76. The fourth-order valence-corrected chi connectivity index (χ4v) is 1.72. The number of anilines is 1. The summed E-state index contributed by atoms with van der Waals surface area (Å²) >= 11 is 0. The molecule has 0 aliphatic rings. The zero-order valence-corrected chi connectivity index (χ0v) is 12.7. The molecule has 0 saturated carbocycles. The summed E-state index contributed by atoms with van der Waals surface area (Å²) in [4.78, 5) is 24.6. The smallest absolute Gasteiger partial charge is 0.323 e. The van der Waals surface area contributed by atoms with Crippen molar-refractivity contribution in [1.82, 2.24) is 4.90 Å². The second-order valence-corrected chi connectivity index (χ2v) is 5.59. The molecule has 0 aliphatic heterocycles. The highest BCUT2D eigenvalue weighted by atomic mass is 16.4. The van der Waals surface area contributed by atoms with Gasteiger partial charge in [-0.3, -0.25) is 14.5 Å². The number of aliphatic carboxylic acids is 1. The number of aryl methyl sites for hydroxylation is 2. The summed E-state index contributed by atoms with van der Waals surface area (Å²) < 4.78 is 0. The van der Waals surface area contributed by atoms with Gasteiger partial charge in [-0.05, 0) is 46.4 Å². The van der Waals surface area contributed by atoms with Crippen molar-refractivity contribution in [2.45, 2.75) is 33.2 Å². The normalized spacial score (nSPS) is 11.5. The third kappa shape index (κ3) is 3.81. The van der Waals surface area contributed by atoms with E-state index < -0.39 is 11.5 Å². The van der Waals surface area contributed by atoms with Crippen LogP contribution in [0.5, 0.6) is 0 Å². The highest BCUT2D eigenvalue weighted by molar-refractivity contribution is 5.93. The van der Waals surface area contributed by atoms with Crippen molar-refractivity contribution in [2.24, 2.45) is 0 Å². The molecule has 0 fully saturated rings. The molecule has 2 N–H and O–H groups in total. The molecule has 0 radical (unpaired) electrons. The number of carbonyl (C=O) groups excluding carboxylic acids is 1. The van der Waals surface area contributed by atoms with Crippen molar-refractivity contribution < 1.29 is 14.7 Å². The van der Waals surface area contributed by atoms with E-state index in [0.717, 1.165) is 16.8 Å². The molecule has 1 aromatic rings. The van der Waals surface area contributed by atoms with E-state index in [0.29, 0.717) is 0 Å². The van der Waals surface area contributed by atoms with Gasteiger partial charge >= 0.3 is 5.97 Å². The summed E-state index contributed by atoms with van der Waals surface area (Å²) in [6.07, 6.45) is 0. The van der Waals surface area contributed by atoms with Crippen LogP contribution in [0.4, 0.5) is 5.69 Å². The molecule has 0 aromatic heterocycles. The lowest BCUT2D eigenvalue weighted by molar-refractivity contribution is -0.148. The van der Waals surface area contributed by atoms with Crippen LogP contribution >= 0.6 is 0 Å². The molecule has 110 valence electrons. The molecule has 5 heteroatoms. The lowest BCUT2D eigenvalue weighted by atomic mass is 10.0. The molecule has 5 nitrogen and oxygen atoms in total. The fourth-order valence-electron chi connectivity index (χ4n) is 1.72. The van der Waals surface area contributed by atoms with Gasteiger partial charge < -0.3 is 10.4 Å². The van der Waals surface area contributed by atoms with Gasteiger partial charge in [-0.25, -0.2) is 0 Å². The summed E-state index contributed by atoms with van der Waals surface area (Å²) in [5.74, 6) is -1.19. The minimum atomic E-state index is -1.08. The molecular formula is C15H22N2O3. The Bertz CT molecular complexity index is 524. The summed E-state index contributed by atoms with van der Waals surface area (Å²) in [7, 11) is 1.62. The first-order valence-electron chi connectivity index (χ1n) is 6.46. The van der Waals surface area contributed by atoms with E-state index in [9.17, 15) is 9.59 Å². The molecule has 0 saturated heterocycles. The van der Waals surface area contributed by atoms with E-state index in [1.165, 1.54) is 4.90 Å². The largest absolute Gasteiger partial charge is 0.480 e. The van der Waals surface area contributed by atoms with E-state index in [1.54, 1.807) is 20.9 Å². The number of hydrogen-bond acceptors (Lipinski definition) is 3. The molecule has 0 heterocycles. The van der Waals surface area contributed by atoms with Crippen LogP contribution in [0.3, 0.4) is 0 Å². The average molecular weight is 278 g/mol. The zero-order valence-electron chi connectivity index (χ0n) is 12.7. The van der Waals surface area contributed by atoms with Crippen molar-refractivity contribution in [3.63, 3.8) is 0 Å². The molecule has 1 amide bonds. The van der Waals surface area contributed by atoms with Crippen molar-refractivity contribution in [3.05, 3.63) is 29.3 Å². The number of hydrogen-bond donors (Lipinski definition) is 2. The van der Waals surface area contributed by atoms with Crippen LogP contribution in [0.2, 0.25) is 0 Å². The lowest BCUT2D eigenvalue weighted by Crippen LogP contribution is -2.50. The van der Waals surface area contributed by atoms with Gasteiger partial charge in [0.15, 0.2) is 0 Å². The Morgan fingerprint density at radius 2 is 1.90 bits per heavy atom. The van der Waals surface area contributed by atoms with Crippen molar-refractivity contribution in [2.75, 3.05) is 18.9 Å². The second-order valence-electron chi connectivity index (χ2n) is 5.59. The Labute approximate surface area is 119 Å². The number of benzene rings is 1. The molecule has 20 heavy (non-hydrogen) atoms. The van der Waals surface area contributed by atoms with Gasteiger partial charge in [0.25, 0.3) is 0 Å². The van der Waals surface area contributed by atoms with Crippen LogP contribution in [0.25, 0.3) is 0 Å². The van der Waals surface area contributed by atoms with Gasteiger partial charge in [-0.2, -0.15) is 0 Å². The number of amides is 1. The minimum absolute atomic E-state index is 0.0205. The Hall–Kier alpha value is -1.88. The average Bonchev–Trinajstić information content (AvgIpc) is 2.32. The molecule has 1 rings (SSSR count). The number of nitrogens with one attached hydrogen (secondary N) is 1. The van der Waals surface area contributed by atoms with Crippen molar-refractivity contribution in [3.8, 4) is 0 Å². The van der Waals surface area contributed by atoms with Gasteiger partial charge in [-0.15, -0.1) is 0 Å². The van der Waals surface area contributed by atoms with Gasteiger partial charge in [0.1, 0.15) is 5.54 Å². The Morgan fingerprint density at radius 1 is 1.30 bits per heavy atom. The predicted octanol–water partition coefficient (Wildman–Crippen LogP) is 2.04. The van der Waals surface area contributed by atoms with Gasteiger partial charge in [0.2, 0.25) is 5.91 Å². The van der Waals surface area contributed by atoms with Crippen molar-refractivity contribution >= 4 is 17.6 Å². The van der Waals surface area contributed by atoms with Crippen LogP contribution < -0.4 is 5.32 Å². The monoisotopic (exact) mass is 278 g/mol. The molecule has 0 aliphatic carbocycles. The first-order chi connectivity index (χ1) is 9.14. The summed E-state index contributed by atoms with van der Waals surface area (Å²) in [6.45, 7) is 7.07. The predicted molar refractivity (Wildman–Crippen MR) is 78.9 cm³/mol. The van der Waals surface area contributed by atoms with E-state index in [4.69, 9.17) is 5.11 Å². The molecule has 0 atom stereocenters. The second kappa shape index (κ2) is 6.05. The number of carboxylic acids is 1. The Balaban J connectivity index is 2.71. The zero-order chi connectivity index (χ0) is 15.5. The maximum atomic E-state index is 12.0. The van der Waals surface area contributed by atoms with Gasteiger partial charge in [0.05, 0.1) is 6.54 Å². The summed E-state index contributed by atoms with van der Waals surface area (Å²) in [5.41, 5.74) is 1.78. The SMILES string of the molecule is Cc1ccc(NC(=O)CN(C)C(C)(C)C(=O)O)c(C)c1. The standard InChI is InChI=1S/C15H22N2O3/c1-10-6-7-12(11(2)8-10)16-13(18)9-17(5)15(3,4)14(19)20/h6-8H,9H2,1-5H3,(H,16,18)(H,19,20). The molecule has 1 aromatic carbocycles. The highest BCUT2D eigenvalue weighted by Gasteiger charge is 2.32. The van der Waals surface area contributed by atoms with E-state index in [-0.39, 0.29) is 12.5 Å². The van der Waals surface area contributed by atoms with Crippen LogP contribution in [0.15, 0.2) is 18.2 Å². The quantitative estimate of drug-likeness (QED) is 0.864. The number of nitrogens with zero attached hydrogens (tertiary/aromatic N) is 1. The van der Waals surface area contributed by atoms with E-state index in [2.05, 4.69) is 5.32 Å². The molecule has 0 unspecified atom stereocenters. The number of likely N-dealkylation sites (N-methyl/N-ethyl adjacent to an activating group) is 1. The fraction of sp³-hybridized carbons (Fsp3) is 0.467. The maximum Gasteiger partial charge on any atom is 0.323 e. The first-order valence-corrected chi connectivity index (χ1v) is 6.46. The third-order valence-electron chi connectivity index (χ3n) is 3.51. The van der Waals surface area contributed by atoms with Crippen LogP contribution in [0.1, 0.15) is 25.0 Å². The topological polar surface area (TPSA) is 69.6 Å². The Kier molecular flexibility index (Phi) is 4.89. The molecular weight excluding hydrogens is 256 g/mol. The van der Waals surface area contributed by atoms with Gasteiger partial charge in [-0.1, -0.05) is 17.7 Å². The number of carboxylic acid groups (broad SMARTS) is 1. The maximum absolute atomic E-state index is 12.0. The number of rotatable bonds is 5. The van der Waals surface area contributed by atoms with Crippen LogP contribution in [-0.2, 0) is 9.59 Å².